The van der Waals surface area contributed by atoms with Crippen molar-refractivity contribution < 1.29 is 9.21 Å². The van der Waals surface area contributed by atoms with Crippen LogP contribution >= 0.6 is 0 Å². The number of oxazole rings is 1. The van der Waals surface area contributed by atoms with Crippen molar-refractivity contribution >= 4 is 39.9 Å². The minimum Gasteiger partial charge on any atom is -0.423 e. The first-order valence-electron chi connectivity index (χ1n) is 8.73. The van der Waals surface area contributed by atoms with Crippen LogP contribution in [0.4, 0.5) is 12.0 Å². The van der Waals surface area contributed by atoms with Gasteiger partial charge in [0.2, 0.25) is 5.95 Å². The fourth-order valence-electron chi connectivity index (χ4n) is 3.29. The predicted octanol–water partition coefficient (Wildman–Crippen LogP) is 4.54. The fraction of sp³-hybridized carbons (Fsp3) is 0.250. The third kappa shape index (κ3) is 2.45. The standard InChI is InChI=1S/C20H18N4O2/c1-11(25)13-6-8-17-16(9-13)21-19(24(17)2)23-20-22-15-7-5-14(12-3-4-12)10-18(15)26-20/h5-10,12H,3-4H2,1-2H3,(H,21,22,23). The van der Waals surface area contributed by atoms with E-state index in [1.165, 1.54) is 18.4 Å². The smallest absolute Gasteiger partial charge is 0.302 e. The monoisotopic (exact) mass is 346 g/mol. The van der Waals surface area contributed by atoms with E-state index in [2.05, 4.69) is 27.4 Å². The molecule has 0 saturated heterocycles. The van der Waals surface area contributed by atoms with Crippen LogP contribution in [-0.4, -0.2) is 20.3 Å². The molecule has 0 unspecified atom stereocenters. The predicted molar refractivity (Wildman–Crippen MR) is 100.0 cm³/mol. The lowest BCUT2D eigenvalue weighted by Gasteiger charge is -2.01. The Hall–Kier alpha value is -3.15. The second kappa shape index (κ2) is 5.42. The zero-order valence-corrected chi connectivity index (χ0v) is 14.6. The summed E-state index contributed by atoms with van der Waals surface area (Å²) in [4.78, 5) is 20.7. The summed E-state index contributed by atoms with van der Waals surface area (Å²) in [6.45, 7) is 1.55. The molecule has 0 bridgehead atoms. The Kier molecular flexibility index (Phi) is 3.16. The third-order valence-electron chi connectivity index (χ3n) is 4.97. The molecular formula is C20H18N4O2. The quantitative estimate of drug-likeness (QED) is 0.549. The van der Waals surface area contributed by atoms with E-state index >= 15 is 0 Å². The Morgan fingerprint density at radius 3 is 2.77 bits per heavy atom. The van der Waals surface area contributed by atoms with Crippen LogP contribution in [0, 0.1) is 0 Å². The van der Waals surface area contributed by atoms with Crippen molar-refractivity contribution in [3.05, 3.63) is 47.5 Å². The fourth-order valence-corrected chi connectivity index (χ4v) is 3.29. The van der Waals surface area contributed by atoms with Crippen LogP contribution in [0.15, 0.2) is 40.8 Å². The highest BCUT2D eigenvalue weighted by Crippen LogP contribution is 2.41. The van der Waals surface area contributed by atoms with Gasteiger partial charge in [0.05, 0.1) is 11.0 Å². The summed E-state index contributed by atoms with van der Waals surface area (Å²) in [6, 6.07) is 12.2. The topological polar surface area (TPSA) is 73.0 Å². The number of carbonyl (C=O) groups is 1. The number of carbonyl (C=O) groups excluding carboxylic acids is 1. The molecule has 0 atom stereocenters. The molecule has 5 rings (SSSR count). The number of fused-ring (bicyclic) bond motifs is 2. The van der Waals surface area contributed by atoms with Crippen molar-refractivity contribution in [3.8, 4) is 0 Å². The van der Waals surface area contributed by atoms with Crippen LogP contribution in [0.1, 0.15) is 41.6 Å². The number of nitrogens with one attached hydrogen (secondary N) is 1. The van der Waals surface area contributed by atoms with Crippen LogP contribution in [-0.2, 0) is 7.05 Å². The van der Waals surface area contributed by atoms with Crippen LogP contribution in [0.5, 0.6) is 0 Å². The van der Waals surface area contributed by atoms with E-state index in [4.69, 9.17) is 4.42 Å². The number of benzene rings is 2. The molecule has 4 aromatic rings. The molecule has 2 heterocycles. The first kappa shape index (κ1) is 15.1. The maximum absolute atomic E-state index is 11.6. The summed E-state index contributed by atoms with van der Waals surface area (Å²) in [7, 11) is 1.92. The lowest BCUT2D eigenvalue weighted by Crippen LogP contribution is -1.99. The van der Waals surface area contributed by atoms with E-state index in [9.17, 15) is 4.79 Å². The van der Waals surface area contributed by atoms with E-state index < -0.39 is 0 Å². The second-order valence-electron chi connectivity index (χ2n) is 6.90. The molecule has 26 heavy (non-hydrogen) atoms. The van der Waals surface area contributed by atoms with Crippen molar-refractivity contribution in [2.75, 3.05) is 5.32 Å². The molecule has 2 aromatic carbocycles. The maximum Gasteiger partial charge on any atom is 0.302 e. The molecule has 130 valence electrons. The molecule has 6 heteroatoms. The summed E-state index contributed by atoms with van der Waals surface area (Å²) in [5.74, 6) is 1.32. The molecule has 1 saturated carbocycles. The second-order valence-corrected chi connectivity index (χ2v) is 6.90. The number of imidazole rings is 1. The number of anilines is 2. The van der Waals surface area contributed by atoms with Gasteiger partial charge in [0.1, 0.15) is 5.52 Å². The zero-order chi connectivity index (χ0) is 17.8. The Labute approximate surface area is 149 Å². The highest BCUT2D eigenvalue weighted by Gasteiger charge is 2.24. The molecule has 2 aromatic heterocycles. The number of aromatic nitrogens is 3. The van der Waals surface area contributed by atoms with Crippen molar-refractivity contribution in [1.29, 1.82) is 0 Å². The van der Waals surface area contributed by atoms with E-state index in [1.54, 1.807) is 13.0 Å². The largest absolute Gasteiger partial charge is 0.423 e. The molecule has 0 aliphatic heterocycles. The summed E-state index contributed by atoms with van der Waals surface area (Å²) < 4.78 is 7.79. The van der Waals surface area contributed by atoms with Crippen LogP contribution in [0.3, 0.4) is 0 Å². The maximum atomic E-state index is 11.6. The highest BCUT2D eigenvalue weighted by molar-refractivity contribution is 5.97. The lowest BCUT2D eigenvalue weighted by molar-refractivity contribution is 0.101. The highest BCUT2D eigenvalue weighted by atomic mass is 16.4. The average Bonchev–Trinajstić information content (AvgIpc) is 3.33. The Morgan fingerprint density at radius 1 is 1.15 bits per heavy atom. The third-order valence-corrected chi connectivity index (χ3v) is 4.97. The first-order valence-corrected chi connectivity index (χ1v) is 8.73. The van der Waals surface area contributed by atoms with Crippen LogP contribution in [0.2, 0.25) is 0 Å². The van der Waals surface area contributed by atoms with Gasteiger partial charge in [-0.25, -0.2) is 4.98 Å². The molecule has 1 aliphatic rings. The van der Waals surface area contributed by atoms with Gasteiger partial charge in [0, 0.05) is 12.6 Å². The number of Topliss-reactive ketones (excluding diaryl/α,β-unsaturated/α-hetero) is 1. The summed E-state index contributed by atoms with van der Waals surface area (Å²) >= 11 is 0. The SMILES string of the molecule is CC(=O)c1ccc2c(c1)nc(Nc1nc3ccc(C4CC4)cc3o1)n2C. The Morgan fingerprint density at radius 2 is 2.00 bits per heavy atom. The van der Waals surface area contributed by atoms with E-state index in [0.717, 1.165) is 22.1 Å². The molecule has 0 spiro atoms. The normalized spacial score (nSPS) is 14.2. The van der Waals surface area contributed by atoms with Crippen LogP contribution < -0.4 is 5.32 Å². The van der Waals surface area contributed by atoms with Gasteiger partial charge in [0.25, 0.3) is 0 Å². The molecular weight excluding hydrogens is 328 g/mol. The Balaban J connectivity index is 1.51. The van der Waals surface area contributed by atoms with E-state index in [-0.39, 0.29) is 5.78 Å². The first-order chi connectivity index (χ1) is 12.6. The van der Waals surface area contributed by atoms with Gasteiger partial charge in [-0.2, -0.15) is 4.98 Å². The molecule has 1 aliphatic carbocycles. The number of aryl methyl sites for hydroxylation is 1. The average molecular weight is 346 g/mol. The zero-order valence-electron chi connectivity index (χ0n) is 14.6. The van der Waals surface area contributed by atoms with Gasteiger partial charge >= 0.3 is 6.01 Å². The Bertz CT molecular complexity index is 1170. The van der Waals surface area contributed by atoms with Crippen molar-refractivity contribution in [2.24, 2.45) is 7.05 Å². The minimum absolute atomic E-state index is 0.0254. The summed E-state index contributed by atoms with van der Waals surface area (Å²) in [5.41, 5.74) is 5.28. The lowest BCUT2D eigenvalue weighted by atomic mass is 10.1. The van der Waals surface area contributed by atoms with Gasteiger partial charge in [-0.1, -0.05) is 6.07 Å². The van der Waals surface area contributed by atoms with Gasteiger partial charge in [-0.3, -0.25) is 10.1 Å². The summed E-state index contributed by atoms with van der Waals surface area (Å²) in [5, 5.41) is 3.15. The van der Waals surface area contributed by atoms with Crippen LogP contribution in [0.25, 0.3) is 22.1 Å². The van der Waals surface area contributed by atoms with Gasteiger partial charge < -0.3 is 8.98 Å². The molecule has 1 fully saturated rings. The molecule has 0 amide bonds. The number of hydrogen-bond acceptors (Lipinski definition) is 5. The van der Waals surface area contributed by atoms with Crippen molar-refractivity contribution in [2.45, 2.75) is 25.7 Å². The molecule has 0 radical (unpaired) electrons. The van der Waals surface area contributed by atoms with E-state index in [1.807, 2.05) is 29.8 Å². The number of ketones is 1. The number of nitrogens with zero attached hydrogens (tertiary/aromatic N) is 3. The molecule has 6 nitrogen and oxygen atoms in total. The molecule has 1 N–H and O–H groups in total. The van der Waals surface area contributed by atoms with Gasteiger partial charge in [-0.15, -0.1) is 0 Å². The number of hydrogen-bond donors (Lipinski definition) is 1. The van der Waals surface area contributed by atoms with Crippen molar-refractivity contribution in [1.82, 2.24) is 14.5 Å². The van der Waals surface area contributed by atoms with E-state index in [0.29, 0.717) is 23.4 Å². The minimum atomic E-state index is 0.0254. The summed E-state index contributed by atoms with van der Waals surface area (Å²) in [6.07, 6.45) is 2.51. The van der Waals surface area contributed by atoms with Gasteiger partial charge in [0.15, 0.2) is 11.4 Å². The van der Waals surface area contributed by atoms with Crippen molar-refractivity contribution in [3.63, 3.8) is 0 Å². The van der Waals surface area contributed by atoms with Gasteiger partial charge in [-0.05, 0) is 61.6 Å². The number of rotatable bonds is 4.